The van der Waals surface area contributed by atoms with Gasteiger partial charge in [-0.2, -0.15) is 24.3 Å². The number of nitrogens with zero attached hydrogens (tertiary/aromatic N) is 10. The molecular weight excluding hydrogens is 388 g/mol. The third-order valence-electron chi connectivity index (χ3n) is 4.23. The van der Waals surface area contributed by atoms with Crippen molar-refractivity contribution in [3.05, 3.63) is 42.3 Å². The maximum Gasteiger partial charge on any atom is 0.259 e. The topological polar surface area (TPSA) is 164 Å². The Labute approximate surface area is 169 Å². The van der Waals surface area contributed by atoms with E-state index in [1.807, 2.05) is 12.1 Å². The molecule has 5 aromatic rings. The summed E-state index contributed by atoms with van der Waals surface area (Å²) in [5, 5.41) is 19.3. The van der Waals surface area contributed by atoms with E-state index < -0.39 is 0 Å². The molecule has 0 radical (unpaired) electrons. The van der Waals surface area contributed by atoms with Gasteiger partial charge in [-0.15, -0.1) is 15.3 Å². The van der Waals surface area contributed by atoms with Crippen LogP contribution in [0.25, 0.3) is 28.9 Å². The Hall–Kier alpha value is -4.42. The van der Waals surface area contributed by atoms with Crippen LogP contribution in [-0.2, 0) is 13.5 Å². The number of pyridine rings is 1. The van der Waals surface area contributed by atoms with E-state index in [9.17, 15) is 0 Å². The first-order chi connectivity index (χ1) is 14.7. The van der Waals surface area contributed by atoms with Crippen LogP contribution in [0.5, 0.6) is 0 Å². The molecule has 5 rings (SSSR count). The minimum atomic E-state index is 0.176. The molecule has 0 saturated carbocycles. The van der Waals surface area contributed by atoms with Crippen LogP contribution < -0.4 is 11.1 Å². The average molecular weight is 404 g/mol. The number of anilines is 2. The van der Waals surface area contributed by atoms with Gasteiger partial charge in [-0.3, -0.25) is 4.98 Å². The largest absolute Gasteiger partial charge is 0.461 e. The van der Waals surface area contributed by atoms with Crippen molar-refractivity contribution in [2.45, 2.75) is 6.42 Å². The van der Waals surface area contributed by atoms with E-state index in [1.54, 1.807) is 31.6 Å². The zero-order valence-corrected chi connectivity index (χ0v) is 15.8. The molecule has 0 aliphatic rings. The number of nitrogen functional groups attached to an aromatic ring is 1. The monoisotopic (exact) mass is 404 g/mol. The van der Waals surface area contributed by atoms with Crippen LogP contribution in [0.3, 0.4) is 0 Å². The molecule has 0 aromatic carbocycles. The molecule has 0 saturated heterocycles. The highest BCUT2D eigenvalue weighted by Gasteiger charge is 2.13. The van der Waals surface area contributed by atoms with E-state index >= 15 is 0 Å². The fourth-order valence-electron chi connectivity index (χ4n) is 2.80. The third-order valence-corrected chi connectivity index (χ3v) is 4.23. The summed E-state index contributed by atoms with van der Waals surface area (Å²) in [4.78, 5) is 18.7. The van der Waals surface area contributed by atoms with Gasteiger partial charge in [0.05, 0.1) is 13.3 Å². The van der Waals surface area contributed by atoms with Gasteiger partial charge in [0.1, 0.15) is 5.69 Å². The molecule has 0 spiro atoms. The fraction of sp³-hybridized carbons (Fsp3) is 0.176. The van der Waals surface area contributed by atoms with E-state index in [1.165, 1.54) is 9.31 Å². The SMILES string of the molecule is Cn1nnc(-c2ccc(CCNc3nc(N)n4nc(-c5ccco5)nc4n3)cn2)n1. The van der Waals surface area contributed by atoms with Crippen LogP contribution in [0, 0.1) is 0 Å². The number of furan rings is 1. The number of fused-ring (bicyclic) bond motifs is 1. The van der Waals surface area contributed by atoms with Gasteiger partial charge >= 0.3 is 0 Å². The molecule has 0 aliphatic carbocycles. The first kappa shape index (κ1) is 17.7. The lowest BCUT2D eigenvalue weighted by molar-refractivity contribution is 0.577. The highest BCUT2D eigenvalue weighted by molar-refractivity contribution is 5.52. The second kappa shape index (κ2) is 7.20. The Balaban J connectivity index is 1.26. The number of nitrogens with one attached hydrogen (secondary N) is 1. The van der Waals surface area contributed by atoms with E-state index in [0.717, 1.165) is 5.56 Å². The van der Waals surface area contributed by atoms with E-state index in [-0.39, 0.29) is 5.95 Å². The summed E-state index contributed by atoms with van der Waals surface area (Å²) in [7, 11) is 1.71. The molecule has 0 amide bonds. The van der Waals surface area contributed by atoms with Gasteiger partial charge in [-0.1, -0.05) is 6.07 Å². The van der Waals surface area contributed by atoms with Gasteiger partial charge in [0.15, 0.2) is 5.76 Å². The Bertz CT molecular complexity index is 1290. The Kier molecular flexibility index (Phi) is 4.24. The zero-order valence-electron chi connectivity index (χ0n) is 15.8. The standard InChI is InChI=1S/C17H16N12O/c1-28-25-13(24-27-28)11-5-4-10(9-20-11)6-7-19-16-22-15(18)29-17(23-16)21-14(26-29)12-3-2-8-30-12/h2-5,8-9H,6-7H2,1H3,(H3,18,19,21,22,23,26). The summed E-state index contributed by atoms with van der Waals surface area (Å²) in [5.41, 5.74) is 7.69. The van der Waals surface area contributed by atoms with Crippen molar-refractivity contribution >= 4 is 17.7 Å². The zero-order chi connectivity index (χ0) is 20.5. The van der Waals surface area contributed by atoms with Crippen molar-refractivity contribution < 1.29 is 4.42 Å². The van der Waals surface area contributed by atoms with Gasteiger partial charge < -0.3 is 15.5 Å². The van der Waals surface area contributed by atoms with Crippen LogP contribution in [-0.4, -0.2) is 56.3 Å². The smallest absolute Gasteiger partial charge is 0.259 e. The van der Waals surface area contributed by atoms with Crippen molar-refractivity contribution in [2.24, 2.45) is 7.05 Å². The van der Waals surface area contributed by atoms with Crippen molar-refractivity contribution in [1.29, 1.82) is 0 Å². The van der Waals surface area contributed by atoms with Crippen molar-refractivity contribution in [2.75, 3.05) is 17.6 Å². The minimum absolute atomic E-state index is 0.176. The summed E-state index contributed by atoms with van der Waals surface area (Å²) in [6.07, 6.45) is 4.04. The maximum atomic E-state index is 5.99. The van der Waals surface area contributed by atoms with Crippen LogP contribution in [0.2, 0.25) is 0 Å². The first-order valence-corrected chi connectivity index (χ1v) is 9.03. The second-order valence-electron chi connectivity index (χ2n) is 6.36. The van der Waals surface area contributed by atoms with Crippen molar-refractivity contribution in [3.63, 3.8) is 0 Å². The molecule has 0 aliphatic heterocycles. The number of aromatic nitrogens is 10. The van der Waals surface area contributed by atoms with Gasteiger partial charge in [-0.05, 0) is 35.4 Å². The lowest BCUT2D eigenvalue weighted by Gasteiger charge is -2.06. The van der Waals surface area contributed by atoms with Gasteiger partial charge in [0.25, 0.3) is 5.78 Å². The molecule has 5 heterocycles. The molecule has 30 heavy (non-hydrogen) atoms. The molecular formula is C17H16N12O. The summed E-state index contributed by atoms with van der Waals surface area (Å²) in [5.74, 6) is 2.28. The van der Waals surface area contributed by atoms with Crippen molar-refractivity contribution in [1.82, 2.24) is 49.8 Å². The lowest BCUT2D eigenvalue weighted by Crippen LogP contribution is -2.12. The Morgan fingerprint density at radius 3 is 2.77 bits per heavy atom. The molecule has 0 bridgehead atoms. The predicted octanol–water partition coefficient (Wildman–Crippen LogP) is 0.602. The number of hydrogen-bond acceptors (Lipinski definition) is 11. The summed E-state index contributed by atoms with van der Waals surface area (Å²) < 4.78 is 6.68. The third kappa shape index (κ3) is 3.39. The minimum Gasteiger partial charge on any atom is -0.461 e. The fourth-order valence-corrected chi connectivity index (χ4v) is 2.80. The molecule has 13 heteroatoms. The first-order valence-electron chi connectivity index (χ1n) is 9.03. The maximum absolute atomic E-state index is 5.99. The Morgan fingerprint density at radius 2 is 2.03 bits per heavy atom. The number of aryl methyl sites for hydroxylation is 1. The molecule has 0 unspecified atom stereocenters. The normalized spacial score (nSPS) is 11.2. The second-order valence-corrected chi connectivity index (χ2v) is 6.36. The van der Waals surface area contributed by atoms with Crippen LogP contribution in [0.1, 0.15) is 5.56 Å². The molecule has 0 atom stereocenters. The molecule has 150 valence electrons. The van der Waals surface area contributed by atoms with E-state index in [4.69, 9.17) is 10.2 Å². The molecule has 0 fully saturated rings. The molecule has 5 aromatic heterocycles. The van der Waals surface area contributed by atoms with E-state index in [2.05, 4.69) is 45.8 Å². The van der Waals surface area contributed by atoms with Crippen molar-refractivity contribution in [3.8, 4) is 23.1 Å². The highest BCUT2D eigenvalue weighted by atomic mass is 16.3. The van der Waals surface area contributed by atoms with Gasteiger partial charge in [-0.25, -0.2) is 0 Å². The number of nitrogens with two attached hydrogens (primary N) is 1. The van der Waals surface area contributed by atoms with Crippen LogP contribution >= 0.6 is 0 Å². The van der Waals surface area contributed by atoms with Crippen LogP contribution in [0.4, 0.5) is 11.9 Å². The average Bonchev–Trinajstić information content (AvgIpc) is 3.49. The number of tetrazole rings is 1. The molecule has 3 N–H and O–H groups in total. The quantitative estimate of drug-likeness (QED) is 0.407. The predicted molar refractivity (Wildman–Crippen MR) is 105 cm³/mol. The molecule has 13 nitrogen and oxygen atoms in total. The lowest BCUT2D eigenvalue weighted by atomic mass is 10.2. The van der Waals surface area contributed by atoms with Gasteiger partial charge in [0.2, 0.25) is 23.5 Å². The van der Waals surface area contributed by atoms with E-state index in [0.29, 0.717) is 47.8 Å². The summed E-state index contributed by atoms with van der Waals surface area (Å²) >= 11 is 0. The highest BCUT2D eigenvalue weighted by Crippen LogP contribution is 2.17. The number of rotatable bonds is 6. The summed E-state index contributed by atoms with van der Waals surface area (Å²) in [6.45, 7) is 0.583. The van der Waals surface area contributed by atoms with Gasteiger partial charge in [0, 0.05) is 12.7 Å². The number of hydrogen-bond donors (Lipinski definition) is 2. The van der Waals surface area contributed by atoms with Crippen LogP contribution in [0.15, 0.2) is 41.1 Å². The summed E-state index contributed by atoms with van der Waals surface area (Å²) in [6, 6.07) is 7.34. The Morgan fingerprint density at radius 1 is 1.10 bits per heavy atom.